The predicted molar refractivity (Wildman–Crippen MR) is 59.2 cm³/mol. The summed E-state index contributed by atoms with van der Waals surface area (Å²) in [6, 6.07) is 6.16. The molecule has 0 atom stereocenters. The maximum absolute atomic E-state index is 12.5. The predicted octanol–water partition coefficient (Wildman–Crippen LogP) is 3.86. The van der Waals surface area contributed by atoms with Crippen LogP contribution in [0.15, 0.2) is 18.2 Å². The fourth-order valence-corrected chi connectivity index (χ4v) is 1.76. The maximum atomic E-state index is 12.5. The lowest BCUT2D eigenvalue weighted by Crippen LogP contribution is -2.02. The Hall–Kier alpha value is -0.850. The van der Waals surface area contributed by atoms with Crippen molar-refractivity contribution in [2.45, 2.75) is 33.6 Å². The second-order valence-electron chi connectivity index (χ2n) is 3.75. The van der Waals surface area contributed by atoms with Crippen molar-refractivity contribution in [2.75, 3.05) is 6.67 Å². The van der Waals surface area contributed by atoms with Gasteiger partial charge in [0.05, 0.1) is 6.67 Å². The van der Waals surface area contributed by atoms with E-state index in [4.69, 9.17) is 0 Å². The summed E-state index contributed by atoms with van der Waals surface area (Å²) in [6.45, 7) is 5.76. The molecule has 1 heteroatoms. The van der Waals surface area contributed by atoms with Crippen molar-refractivity contribution in [3.8, 4) is 0 Å². The van der Waals surface area contributed by atoms with Gasteiger partial charge in [0.25, 0.3) is 0 Å². The number of benzene rings is 1. The van der Waals surface area contributed by atoms with Crippen LogP contribution < -0.4 is 0 Å². The monoisotopic (exact) mass is 193 g/mol. The average molecular weight is 193 g/mol. The molecule has 0 aliphatic rings. The average Bonchev–Trinajstić information content (AvgIpc) is 2.20. The molecule has 0 fully saturated rings. The molecule has 0 saturated heterocycles. The molecule has 0 amide bonds. The third kappa shape index (κ3) is 2.34. The Morgan fingerprint density at radius 1 is 1.36 bits per heavy atom. The Bertz CT molecular complexity index is 291. The fraction of sp³-hybridized carbons (Fsp3) is 0.462. The van der Waals surface area contributed by atoms with Crippen molar-refractivity contribution in [1.29, 1.82) is 0 Å². The van der Waals surface area contributed by atoms with E-state index in [1.54, 1.807) is 0 Å². The van der Waals surface area contributed by atoms with Gasteiger partial charge in [0.1, 0.15) is 0 Å². The van der Waals surface area contributed by atoms with Gasteiger partial charge >= 0.3 is 0 Å². The number of aryl methyl sites for hydroxylation is 1. The van der Waals surface area contributed by atoms with E-state index >= 15 is 0 Å². The third-order valence-corrected chi connectivity index (χ3v) is 2.63. The van der Waals surface area contributed by atoms with Crippen LogP contribution in [0, 0.1) is 12.8 Å². The van der Waals surface area contributed by atoms with Crippen molar-refractivity contribution in [3.05, 3.63) is 40.8 Å². The topological polar surface area (TPSA) is 0 Å². The Morgan fingerprint density at radius 3 is 2.64 bits per heavy atom. The molecule has 77 valence electrons. The van der Waals surface area contributed by atoms with Gasteiger partial charge in [0, 0.05) is 5.92 Å². The van der Waals surface area contributed by atoms with Crippen LogP contribution in [0.5, 0.6) is 0 Å². The van der Waals surface area contributed by atoms with E-state index in [-0.39, 0.29) is 6.67 Å². The van der Waals surface area contributed by atoms with Crippen molar-refractivity contribution < 1.29 is 4.39 Å². The molecule has 0 unspecified atom stereocenters. The molecule has 0 nitrogen and oxygen atoms in total. The van der Waals surface area contributed by atoms with E-state index in [9.17, 15) is 4.39 Å². The molecule has 0 aromatic heterocycles. The summed E-state index contributed by atoms with van der Waals surface area (Å²) in [5.41, 5.74) is 3.67. The first-order valence-corrected chi connectivity index (χ1v) is 5.18. The van der Waals surface area contributed by atoms with Crippen LogP contribution in [-0.2, 0) is 6.42 Å². The van der Waals surface area contributed by atoms with Gasteiger partial charge in [-0.05, 0) is 30.0 Å². The molecule has 0 heterocycles. The highest BCUT2D eigenvalue weighted by Crippen LogP contribution is 2.22. The maximum Gasteiger partial charge on any atom is 0.0997 e. The van der Waals surface area contributed by atoms with Gasteiger partial charge in [-0.3, -0.25) is 4.39 Å². The highest BCUT2D eigenvalue weighted by atomic mass is 19.1. The molecule has 1 aromatic carbocycles. The zero-order chi connectivity index (χ0) is 10.6. The molecule has 0 aliphatic carbocycles. The molecule has 0 saturated carbocycles. The Kier molecular flexibility index (Phi) is 4.12. The normalized spacial score (nSPS) is 10.9. The zero-order valence-corrected chi connectivity index (χ0v) is 9.23. The first kappa shape index (κ1) is 11.2. The minimum atomic E-state index is -0.351. The first-order valence-electron chi connectivity index (χ1n) is 5.18. The summed E-state index contributed by atoms with van der Waals surface area (Å²) < 4.78 is 12.5. The van der Waals surface area contributed by atoms with Gasteiger partial charge in [-0.1, -0.05) is 38.5 Å². The molecule has 0 bridgehead atoms. The first-order chi connectivity index (χ1) is 6.70. The molecular weight excluding hydrogens is 175 g/mol. The number of alkyl halides is 1. The van der Waals surface area contributed by atoms with Crippen molar-refractivity contribution in [1.82, 2.24) is 0 Å². The zero-order valence-electron chi connectivity index (χ0n) is 9.23. The summed E-state index contributed by atoms with van der Waals surface area (Å²) in [7, 11) is 0. The van der Waals surface area contributed by atoms with E-state index in [0.717, 1.165) is 24.3 Å². The van der Waals surface area contributed by atoms with E-state index in [0.29, 0.717) is 0 Å². The number of hydrogen-bond donors (Lipinski definition) is 0. The Labute approximate surface area is 86.2 Å². The SMILES string of the molecule is CCCc1cccc([C](C)CF)c1C. The summed E-state index contributed by atoms with van der Waals surface area (Å²) >= 11 is 0. The summed E-state index contributed by atoms with van der Waals surface area (Å²) in [4.78, 5) is 0. The molecule has 14 heavy (non-hydrogen) atoms. The highest BCUT2D eigenvalue weighted by molar-refractivity contribution is 5.42. The second kappa shape index (κ2) is 5.14. The highest BCUT2D eigenvalue weighted by Gasteiger charge is 2.10. The molecule has 0 N–H and O–H groups in total. The number of halogens is 1. The minimum absolute atomic E-state index is 0.351. The van der Waals surface area contributed by atoms with Crippen molar-refractivity contribution >= 4 is 0 Å². The van der Waals surface area contributed by atoms with E-state index in [1.807, 2.05) is 19.1 Å². The molecule has 0 spiro atoms. The standard InChI is InChI=1S/C13H18F/c1-4-6-12-7-5-8-13(11(12)3)10(2)9-14/h5,7-8H,4,6,9H2,1-3H3. The molecule has 0 aliphatic heterocycles. The molecule has 1 radical (unpaired) electrons. The van der Waals surface area contributed by atoms with Crippen molar-refractivity contribution in [3.63, 3.8) is 0 Å². The van der Waals surface area contributed by atoms with Gasteiger partial charge in [0.2, 0.25) is 0 Å². The molecule has 1 rings (SSSR count). The third-order valence-electron chi connectivity index (χ3n) is 2.63. The van der Waals surface area contributed by atoms with Crippen LogP contribution in [0.2, 0.25) is 0 Å². The van der Waals surface area contributed by atoms with Crippen LogP contribution in [0.1, 0.15) is 37.0 Å². The lowest BCUT2D eigenvalue weighted by molar-refractivity contribution is 0.515. The van der Waals surface area contributed by atoms with Crippen LogP contribution in [0.3, 0.4) is 0 Å². The summed E-state index contributed by atoms with van der Waals surface area (Å²) in [5, 5.41) is 0. The Morgan fingerprint density at radius 2 is 2.07 bits per heavy atom. The second-order valence-corrected chi connectivity index (χ2v) is 3.75. The quantitative estimate of drug-likeness (QED) is 0.681. The van der Waals surface area contributed by atoms with Gasteiger partial charge in [-0.25, -0.2) is 0 Å². The van der Waals surface area contributed by atoms with Crippen LogP contribution in [0.25, 0.3) is 0 Å². The van der Waals surface area contributed by atoms with Gasteiger partial charge in [-0.15, -0.1) is 0 Å². The van der Waals surface area contributed by atoms with Gasteiger partial charge in [-0.2, -0.15) is 0 Å². The Balaban J connectivity index is 3.00. The van der Waals surface area contributed by atoms with Crippen LogP contribution >= 0.6 is 0 Å². The smallest absolute Gasteiger partial charge is 0.0997 e. The van der Waals surface area contributed by atoms with Gasteiger partial charge in [0.15, 0.2) is 0 Å². The van der Waals surface area contributed by atoms with Crippen molar-refractivity contribution in [2.24, 2.45) is 0 Å². The van der Waals surface area contributed by atoms with E-state index in [1.165, 1.54) is 11.1 Å². The van der Waals surface area contributed by atoms with E-state index < -0.39 is 0 Å². The van der Waals surface area contributed by atoms with Crippen LogP contribution in [-0.4, -0.2) is 6.67 Å². The lowest BCUT2D eigenvalue weighted by Gasteiger charge is -2.13. The fourth-order valence-electron chi connectivity index (χ4n) is 1.76. The lowest BCUT2D eigenvalue weighted by atomic mass is 9.92. The number of rotatable bonds is 4. The van der Waals surface area contributed by atoms with Crippen LogP contribution in [0.4, 0.5) is 4.39 Å². The largest absolute Gasteiger partial charge is 0.250 e. The van der Waals surface area contributed by atoms with Gasteiger partial charge < -0.3 is 0 Å². The summed E-state index contributed by atoms with van der Waals surface area (Å²) in [5.74, 6) is 0.834. The minimum Gasteiger partial charge on any atom is -0.250 e. The molecule has 1 aromatic rings. The summed E-state index contributed by atoms with van der Waals surface area (Å²) in [6.07, 6.45) is 2.22. The number of hydrogen-bond acceptors (Lipinski definition) is 0. The molecular formula is C13H18F. The van der Waals surface area contributed by atoms with E-state index in [2.05, 4.69) is 19.9 Å².